The van der Waals surface area contributed by atoms with Crippen LogP contribution in [0.1, 0.15) is 51.7 Å². The number of hydrogen-bond donors (Lipinski definition) is 1. The third-order valence-corrected chi connectivity index (χ3v) is 3.75. The molecule has 0 atom stereocenters. The topological polar surface area (TPSA) is 39.1 Å². The highest BCUT2D eigenvalue weighted by atomic mass is 15.2. The van der Waals surface area contributed by atoms with E-state index >= 15 is 0 Å². The average molecular weight is 285 g/mol. The number of nitriles is 1. The summed E-state index contributed by atoms with van der Waals surface area (Å²) < 4.78 is 0. The first-order valence-corrected chi connectivity index (χ1v) is 8.04. The van der Waals surface area contributed by atoms with Crippen LogP contribution in [0.15, 0.2) is 18.2 Å². The Kier molecular flexibility index (Phi) is 5.25. The summed E-state index contributed by atoms with van der Waals surface area (Å²) in [5.41, 5.74) is 3.11. The Morgan fingerprint density at radius 2 is 2.00 bits per heavy atom. The van der Waals surface area contributed by atoms with Gasteiger partial charge in [-0.25, -0.2) is 0 Å². The quantitative estimate of drug-likeness (QED) is 0.830. The smallest absolute Gasteiger partial charge is 0.101 e. The van der Waals surface area contributed by atoms with Crippen LogP contribution in [0.4, 0.5) is 5.69 Å². The molecule has 1 aliphatic rings. The minimum atomic E-state index is 0.458. The summed E-state index contributed by atoms with van der Waals surface area (Å²) in [6, 6.07) is 9.82. The van der Waals surface area contributed by atoms with Crippen molar-refractivity contribution in [3.63, 3.8) is 0 Å². The molecule has 0 aromatic heterocycles. The van der Waals surface area contributed by atoms with Gasteiger partial charge in [-0.15, -0.1) is 0 Å². The lowest BCUT2D eigenvalue weighted by Gasteiger charge is -2.28. The molecule has 0 radical (unpaired) electrons. The van der Waals surface area contributed by atoms with Crippen molar-refractivity contribution >= 4 is 5.69 Å². The maximum Gasteiger partial charge on any atom is 0.101 e. The molecule has 2 rings (SSSR count). The van der Waals surface area contributed by atoms with Crippen LogP contribution in [0, 0.1) is 17.2 Å². The van der Waals surface area contributed by atoms with Gasteiger partial charge in [0.05, 0.1) is 11.3 Å². The van der Waals surface area contributed by atoms with Gasteiger partial charge in [-0.2, -0.15) is 5.26 Å². The molecule has 1 aromatic carbocycles. The summed E-state index contributed by atoms with van der Waals surface area (Å²) in [5.74, 6) is 0.611. The van der Waals surface area contributed by atoms with E-state index in [9.17, 15) is 5.26 Å². The SMILES string of the molecule is CC(C)CN(c1ccc(CNC(C)C)cc1C#N)C1CC1. The molecule has 1 saturated carbocycles. The minimum absolute atomic E-state index is 0.458. The lowest BCUT2D eigenvalue weighted by Crippen LogP contribution is -2.30. The molecule has 114 valence electrons. The Labute approximate surface area is 129 Å². The molecule has 1 fully saturated rings. The lowest BCUT2D eigenvalue weighted by molar-refractivity contribution is 0.588. The first-order valence-electron chi connectivity index (χ1n) is 8.04. The molecule has 3 heteroatoms. The van der Waals surface area contributed by atoms with Crippen LogP contribution in [-0.2, 0) is 6.54 Å². The van der Waals surface area contributed by atoms with Crippen molar-refractivity contribution in [2.75, 3.05) is 11.4 Å². The molecule has 0 bridgehead atoms. The van der Waals surface area contributed by atoms with E-state index in [0.717, 1.165) is 24.3 Å². The number of rotatable bonds is 7. The predicted octanol–water partition coefficient (Wildman–Crippen LogP) is 3.68. The molecule has 0 saturated heterocycles. The molecule has 1 aliphatic carbocycles. The van der Waals surface area contributed by atoms with E-state index in [1.807, 2.05) is 6.07 Å². The molecular weight excluding hydrogens is 258 g/mol. The van der Waals surface area contributed by atoms with Gasteiger partial charge < -0.3 is 10.2 Å². The Morgan fingerprint density at radius 3 is 2.52 bits per heavy atom. The van der Waals surface area contributed by atoms with Crippen molar-refractivity contribution in [1.82, 2.24) is 5.32 Å². The molecule has 0 aliphatic heterocycles. The summed E-state index contributed by atoms with van der Waals surface area (Å²) >= 11 is 0. The predicted molar refractivity (Wildman–Crippen MR) is 88.3 cm³/mol. The molecule has 21 heavy (non-hydrogen) atoms. The summed E-state index contributed by atoms with van der Waals surface area (Å²) in [5, 5.41) is 12.9. The lowest BCUT2D eigenvalue weighted by atomic mass is 10.1. The summed E-state index contributed by atoms with van der Waals surface area (Å²) in [6.45, 7) is 10.6. The number of nitrogens with one attached hydrogen (secondary N) is 1. The molecular formula is C18H27N3. The van der Waals surface area contributed by atoms with Crippen LogP contribution >= 0.6 is 0 Å². The van der Waals surface area contributed by atoms with Crippen molar-refractivity contribution < 1.29 is 0 Å². The number of anilines is 1. The van der Waals surface area contributed by atoms with E-state index in [1.165, 1.54) is 18.4 Å². The molecule has 0 spiro atoms. The van der Waals surface area contributed by atoms with Crippen molar-refractivity contribution in [3.05, 3.63) is 29.3 Å². The van der Waals surface area contributed by atoms with E-state index in [-0.39, 0.29) is 0 Å². The fourth-order valence-electron chi connectivity index (χ4n) is 2.58. The second kappa shape index (κ2) is 6.95. The minimum Gasteiger partial charge on any atom is -0.367 e. The van der Waals surface area contributed by atoms with Crippen molar-refractivity contribution in [2.45, 2.75) is 59.2 Å². The molecule has 0 amide bonds. The third-order valence-electron chi connectivity index (χ3n) is 3.75. The highest BCUT2D eigenvalue weighted by molar-refractivity contribution is 5.61. The molecule has 1 aromatic rings. The van der Waals surface area contributed by atoms with Gasteiger partial charge in [-0.3, -0.25) is 0 Å². The number of benzene rings is 1. The normalized spacial score (nSPS) is 14.5. The average Bonchev–Trinajstić information content (AvgIpc) is 3.26. The number of nitrogens with zero attached hydrogens (tertiary/aromatic N) is 2. The first-order chi connectivity index (χ1) is 10.0. The zero-order valence-electron chi connectivity index (χ0n) is 13.7. The molecule has 0 unspecified atom stereocenters. The van der Waals surface area contributed by atoms with Crippen molar-refractivity contribution in [3.8, 4) is 6.07 Å². The van der Waals surface area contributed by atoms with Gasteiger partial charge in [0.2, 0.25) is 0 Å². The monoisotopic (exact) mass is 285 g/mol. The highest BCUT2D eigenvalue weighted by Gasteiger charge is 2.30. The van der Waals surface area contributed by atoms with Gasteiger partial charge in [0, 0.05) is 25.2 Å². The van der Waals surface area contributed by atoms with Crippen molar-refractivity contribution in [2.24, 2.45) is 5.92 Å². The van der Waals surface area contributed by atoms with E-state index in [1.54, 1.807) is 0 Å². The standard InChI is InChI=1S/C18H27N3/c1-13(2)12-21(17-6-7-17)18-8-5-15(9-16(18)10-19)11-20-14(3)4/h5,8-9,13-14,17,20H,6-7,11-12H2,1-4H3. The Morgan fingerprint density at radius 1 is 1.29 bits per heavy atom. The zero-order valence-corrected chi connectivity index (χ0v) is 13.7. The summed E-state index contributed by atoms with van der Waals surface area (Å²) in [6.07, 6.45) is 2.52. The van der Waals surface area contributed by atoms with Crippen LogP contribution in [0.2, 0.25) is 0 Å². The Bertz CT molecular complexity index is 510. The first kappa shape index (κ1) is 15.9. The van der Waals surface area contributed by atoms with Crippen LogP contribution in [0.5, 0.6) is 0 Å². The van der Waals surface area contributed by atoms with Crippen molar-refractivity contribution in [1.29, 1.82) is 5.26 Å². The Balaban J connectivity index is 2.20. The molecule has 3 nitrogen and oxygen atoms in total. The van der Waals surface area contributed by atoms with Gasteiger partial charge in [-0.1, -0.05) is 33.8 Å². The summed E-state index contributed by atoms with van der Waals surface area (Å²) in [4.78, 5) is 2.43. The third kappa shape index (κ3) is 4.47. The maximum atomic E-state index is 9.51. The van der Waals surface area contributed by atoms with E-state index in [4.69, 9.17) is 0 Å². The fraction of sp³-hybridized carbons (Fsp3) is 0.611. The van der Waals surface area contributed by atoms with Crippen LogP contribution in [0.25, 0.3) is 0 Å². The van der Waals surface area contributed by atoms with Gasteiger partial charge in [0.1, 0.15) is 6.07 Å². The zero-order chi connectivity index (χ0) is 15.4. The maximum absolute atomic E-state index is 9.51. The molecule has 0 heterocycles. The molecule has 1 N–H and O–H groups in total. The largest absolute Gasteiger partial charge is 0.367 e. The van der Waals surface area contributed by atoms with Crippen LogP contribution in [0.3, 0.4) is 0 Å². The van der Waals surface area contributed by atoms with Gasteiger partial charge in [0.15, 0.2) is 0 Å². The van der Waals surface area contributed by atoms with E-state index < -0.39 is 0 Å². The van der Waals surface area contributed by atoms with E-state index in [2.05, 4.69) is 56.1 Å². The second-order valence-corrected chi connectivity index (χ2v) is 6.78. The fourth-order valence-corrected chi connectivity index (χ4v) is 2.58. The Hall–Kier alpha value is -1.53. The second-order valence-electron chi connectivity index (χ2n) is 6.78. The van der Waals surface area contributed by atoms with E-state index in [0.29, 0.717) is 18.0 Å². The highest BCUT2D eigenvalue weighted by Crippen LogP contribution is 2.34. The van der Waals surface area contributed by atoms with Gasteiger partial charge in [-0.05, 0) is 36.5 Å². The number of hydrogen-bond acceptors (Lipinski definition) is 3. The van der Waals surface area contributed by atoms with Gasteiger partial charge >= 0.3 is 0 Å². The van der Waals surface area contributed by atoms with Gasteiger partial charge in [0.25, 0.3) is 0 Å². The summed E-state index contributed by atoms with van der Waals surface area (Å²) in [7, 11) is 0. The van der Waals surface area contributed by atoms with Crippen LogP contribution in [-0.4, -0.2) is 18.6 Å². The van der Waals surface area contributed by atoms with Crippen LogP contribution < -0.4 is 10.2 Å².